The van der Waals surface area contributed by atoms with Crippen LogP contribution in [0.25, 0.3) is 0 Å². The second-order valence-corrected chi connectivity index (χ2v) is 6.51. The number of rotatable bonds is 4. The van der Waals surface area contributed by atoms with E-state index in [9.17, 15) is 9.00 Å². The van der Waals surface area contributed by atoms with Crippen LogP contribution in [-0.4, -0.2) is 33.7 Å². The van der Waals surface area contributed by atoms with Crippen LogP contribution in [0.3, 0.4) is 0 Å². The summed E-state index contributed by atoms with van der Waals surface area (Å²) in [4.78, 5) is 11.5. The maximum absolute atomic E-state index is 12.5. The molecule has 1 fully saturated rings. The summed E-state index contributed by atoms with van der Waals surface area (Å²) in [5.41, 5.74) is 0.221. The van der Waals surface area contributed by atoms with Gasteiger partial charge in [0.25, 0.3) is 0 Å². The quantitative estimate of drug-likeness (QED) is 0.921. The van der Waals surface area contributed by atoms with Crippen LogP contribution in [0.4, 0.5) is 0 Å². The number of ether oxygens (including phenoxy) is 1. The lowest BCUT2D eigenvalue weighted by Crippen LogP contribution is -2.28. The van der Waals surface area contributed by atoms with E-state index in [1.807, 2.05) is 0 Å². The van der Waals surface area contributed by atoms with Crippen molar-refractivity contribution in [1.82, 2.24) is 0 Å². The lowest BCUT2D eigenvalue weighted by Gasteiger charge is -2.27. The normalized spacial score (nSPS) is 24.9. The van der Waals surface area contributed by atoms with Gasteiger partial charge in [-0.2, -0.15) is 0 Å². The average molecular weight is 282 g/mol. The van der Waals surface area contributed by atoms with Gasteiger partial charge in [-0.15, -0.1) is 0 Å². The molecule has 0 bridgehead atoms. The molecule has 0 heterocycles. The summed E-state index contributed by atoms with van der Waals surface area (Å²) in [6.07, 6.45) is 4.00. The van der Waals surface area contributed by atoms with Gasteiger partial charge in [0.2, 0.25) is 0 Å². The first-order valence-electron chi connectivity index (χ1n) is 6.38. The molecule has 5 heteroatoms. The highest BCUT2D eigenvalue weighted by atomic mass is 32.2. The highest BCUT2D eigenvalue weighted by Crippen LogP contribution is 2.27. The van der Waals surface area contributed by atoms with E-state index in [0.29, 0.717) is 4.90 Å². The molecule has 0 amide bonds. The van der Waals surface area contributed by atoms with Crippen molar-refractivity contribution in [2.45, 2.75) is 41.9 Å². The second kappa shape index (κ2) is 6.30. The van der Waals surface area contributed by atoms with Crippen molar-refractivity contribution in [1.29, 1.82) is 0 Å². The number of carboxylic acids is 1. The minimum absolute atomic E-state index is 0.106. The molecule has 0 aliphatic heterocycles. The predicted octanol–water partition coefficient (Wildman–Crippen LogP) is 2.45. The van der Waals surface area contributed by atoms with Crippen molar-refractivity contribution in [3.05, 3.63) is 29.8 Å². The molecule has 19 heavy (non-hydrogen) atoms. The summed E-state index contributed by atoms with van der Waals surface area (Å²) in [5.74, 6) is -0.963. The van der Waals surface area contributed by atoms with Crippen molar-refractivity contribution >= 4 is 16.8 Å². The van der Waals surface area contributed by atoms with E-state index in [0.717, 1.165) is 25.7 Å². The Labute approximate surface area is 115 Å². The van der Waals surface area contributed by atoms with E-state index >= 15 is 0 Å². The molecule has 1 aliphatic rings. The topological polar surface area (TPSA) is 63.6 Å². The van der Waals surface area contributed by atoms with Crippen LogP contribution in [-0.2, 0) is 15.5 Å². The molecule has 4 nitrogen and oxygen atoms in total. The van der Waals surface area contributed by atoms with Crippen LogP contribution in [0.1, 0.15) is 36.0 Å². The Morgan fingerprint density at radius 3 is 2.58 bits per heavy atom. The first kappa shape index (κ1) is 14.2. The molecular formula is C14H18O4S. The summed E-state index contributed by atoms with van der Waals surface area (Å²) in [5, 5.41) is 8.94. The number of hydrogen-bond donors (Lipinski definition) is 1. The number of hydrogen-bond acceptors (Lipinski definition) is 3. The Bertz CT molecular complexity index is 469. The maximum atomic E-state index is 12.5. The van der Waals surface area contributed by atoms with Gasteiger partial charge in [0, 0.05) is 17.3 Å². The largest absolute Gasteiger partial charge is 0.478 e. The van der Waals surface area contributed by atoms with Crippen LogP contribution in [0.2, 0.25) is 0 Å². The molecule has 104 valence electrons. The standard InChI is InChI=1S/C14H18O4S/c1-18-11-3-2-4-13(9-11)19(17)12-7-5-10(6-8-12)14(15)16/h5-8,11,13H,2-4,9H2,1H3,(H,15,16). The van der Waals surface area contributed by atoms with Crippen molar-refractivity contribution in [3.63, 3.8) is 0 Å². The minimum Gasteiger partial charge on any atom is -0.478 e. The van der Waals surface area contributed by atoms with E-state index in [2.05, 4.69) is 0 Å². The molecule has 1 aromatic rings. The van der Waals surface area contributed by atoms with Crippen LogP contribution < -0.4 is 0 Å². The monoisotopic (exact) mass is 282 g/mol. The summed E-state index contributed by atoms with van der Waals surface area (Å²) >= 11 is 0. The Kier molecular flexibility index (Phi) is 4.71. The summed E-state index contributed by atoms with van der Waals surface area (Å²) in [7, 11) is 0.606. The van der Waals surface area contributed by atoms with Crippen LogP contribution in [0, 0.1) is 0 Å². The molecular weight excluding hydrogens is 264 g/mol. The lowest BCUT2D eigenvalue weighted by molar-refractivity contribution is 0.0696. The lowest BCUT2D eigenvalue weighted by atomic mass is 9.97. The molecule has 0 radical (unpaired) electrons. The van der Waals surface area contributed by atoms with E-state index in [1.54, 1.807) is 19.2 Å². The SMILES string of the molecule is COC1CCCC(S(=O)c2ccc(C(=O)O)cc2)C1. The van der Waals surface area contributed by atoms with E-state index in [1.165, 1.54) is 12.1 Å². The highest BCUT2D eigenvalue weighted by Gasteiger charge is 2.27. The molecule has 0 spiro atoms. The fourth-order valence-corrected chi connectivity index (χ4v) is 3.99. The summed E-state index contributed by atoms with van der Waals surface area (Å²) in [6.45, 7) is 0. The minimum atomic E-state index is -1.09. The summed E-state index contributed by atoms with van der Waals surface area (Å²) < 4.78 is 17.8. The molecule has 0 aromatic heterocycles. The van der Waals surface area contributed by atoms with Gasteiger partial charge in [0.1, 0.15) is 0 Å². The fraction of sp³-hybridized carbons (Fsp3) is 0.500. The van der Waals surface area contributed by atoms with Gasteiger partial charge >= 0.3 is 5.97 Å². The van der Waals surface area contributed by atoms with Gasteiger partial charge in [0.05, 0.1) is 22.5 Å². The Hall–Kier alpha value is -1.20. The zero-order valence-corrected chi connectivity index (χ0v) is 11.7. The van der Waals surface area contributed by atoms with Crippen molar-refractivity contribution in [2.24, 2.45) is 0 Å². The predicted molar refractivity (Wildman–Crippen MR) is 72.9 cm³/mol. The number of carboxylic acid groups (broad SMARTS) is 1. The van der Waals surface area contributed by atoms with E-state index in [-0.39, 0.29) is 16.9 Å². The van der Waals surface area contributed by atoms with E-state index in [4.69, 9.17) is 9.84 Å². The Balaban J connectivity index is 2.08. The van der Waals surface area contributed by atoms with Gasteiger partial charge < -0.3 is 9.84 Å². The molecule has 3 unspecified atom stereocenters. The zero-order valence-electron chi connectivity index (χ0n) is 10.9. The van der Waals surface area contributed by atoms with Crippen LogP contribution >= 0.6 is 0 Å². The fourth-order valence-electron chi connectivity index (χ4n) is 2.43. The zero-order chi connectivity index (χ0) is 13.8. The third kappa shape index (κ3) is 3.42. The van der Waals surface area contributed by atoms with Gasteiger partial charge in [0.15, 0.2) is 0 Å². The molecule has 0 saturated heterocycles. The smallest absolute Gasteiger partial charge is 0.335 e. The second-order valence-electron chi connectivity index (χ2n) is 4.77. The third-order valence-corrected chi connectivity index (χ3v) is 5.32. The van der Waals surface area contributed by atoms with Gasteiger partial charge in [-0.25, -0.2) is 4.79 Å². The molecule has 1 N–H and O–H groups in total. The first-order valence-corrected chi connectivity index (χ1v) is 7.60. The number of aromatic carboxylic acids is 1. The van der Waals surface area contributed by atoms with E-state index < -0.39 is 16.8 Å². The summed E-state index contributed by atoms with van der Waals surface area (Å²) in [6, 6.07) is 6.31. The third-order valence-electron chi connectivity index (χ3n) is 3.55. The number of carbonyl (C=O) groups is 1. The average Bonchev–Trinajstić information content (AvgIpc) is 2.46. The Morgan fingerprint density at radius 1 is 1.32 bits per heavy atom. The van der Waals surface area contributed by atoms with Gasteiger partial charge in [-0.3, -0.25) is 4.21 Å². The van der Waals surface area contributed by atoms with Gasteiger partial charge in [-0.1, -0.05) is 0 Å². The highest BCUT2D eigenvalue weighted by molar-refractivity contribution is 7.85. The van der Waals surface area contributed by atoms with Crippen molar-refractivity contribution < 1.29 is 18.8 Å². The maximum Gasteiger partial charge on any atom is 0.335 e. The molecule has 1 aliphatic carbocycles. The molecule has 2 rings (SSSR count). The van der Waals surface area contributed by atoms with Crippen molar-refractivity contribution in [2.75, 3.05) is 7.11 Å². The van der Waals surface area contributed by atoms with Crippen molar-refractivity contribution in [3.8, 4) is 0 Å². The number of benzene rings is 1. The number of methoxy groups -OCH3 is 1. The van der Waals surface area contributed by atoms with Gasteiger partial charge in [-0.05, 0) is 49.9 Å². The van der Waals surface area contributed by atoms with Crippen LogP contribution in [0.15, 0.2) is 29.2 Å². The molecule has 1 saturated carbocycles. The van der Waals surface area contributed by atoms with Crippen LogP contribution in [0.5, 0.6) is 0 Å². The molecule has 1 aromatic carbocycles. The Morgan fingerprint density at radius 2 is 2.00 bits per heavy atom. The molecule has 3 atom stereocenters. The first-order chi connectivity index (χ1) is 9.11.